The fourth-order valence-electron chi connectivity index (χ4n) is 0. The van der Waals surface area contributed by atoms with E-state index in [2.05, 4.69) is 80.3 Å². The maximum absolute atomic E-state index is 11.7. The number of nitriles is 1. The number of rotatable bonds is 0. The van der Waals surface area contributed by atoms with Crippen LogP contribution in [0.3, 0.4) is 0 Å². The lowest BCUT2D eigenvalue weighted by Crippen LogP contribution is -2.15. The van der Waals surface area contributed by atoms with Crippen LogP contribution in [0.25, 0.3) is 0 Å². The first kappa shape index (κ1) is 101. The minimum Gasteiger partial charge on any atom is -0.400 e. The van der Waals surface area contributed by atoms with Gasteiger partial charge in [-0.3, -0.25) is 9.20 Å². The maximum atomic E-state index is 11.7. The number of thioether (sulfide) groups is 1. The number of hydrogen-bond donors (Lipinski definition) is 5. The Hall–Kier alpha value is -1.13. The number of ether oxygens (including phenoxy) is 1. The molecule has 354 valence electrons. The lowest BCUT2D eigenvalue weighted by molar-refractivity contribution is -0.115. The predicted octanol–water partition coefficient (Wildman–Crippen LogP) is 11.3. The second-order valence-corrected chi connectivity index (χ2v) is 18.8. The van der Waals surface area contributed by atoms with Crippen molar-refractivity contribution in [2.24, 2.45) is 10.7 Å². The van der Waals surface area contributed by atoms with E-state index in [-0.39, 0.29) is 11.4 Å². The molecule has 0 spiro atoms. The number of aliphatic imine (C=N–C) groups is 1. The molecule has 10 nitrogen and oxygen atoms in total. The number of carbonyl (C=O) groups is 1. The first-order valence-corrected chi connectivity index (χ1v) is 23.9. The fourth-order valence-corrected chi connectivity index (χ4v) is 0. The lowest BCUT2D eigenvalue weighted by atomic mass is 10.2. The number of nitrogens with one attached hydrogen (secondary N) is 2. The fraction of sp³-hybridized carbons (Fsp3) is 0.829. The molecule has 0 saturated heterocycles. The molecule has 5 N–H and O–H groups in total. The van der Waals surface area contributed by atoms with Gasteiger partial charge in [-0.1, -0.05) is 37.6 Å². The van der Waals surface area contributed by atoms with Gasteiger partial charge in [-0.2, -0.15) is 29.7 Å². The number of thiocarbonyl (C=S) groups is 1. The molecular weight excluding hydrogens is 821 g/mol. The van der Waals surface area contributed by atoms with Gasteiger partial charge in [0, 0.05) is 67.7 Å². The number of aliphatic hydroxyl groups is 1. The van der Waals surface area contributed by atoms with Gasteiger partial charge in [0.2, 0.25) is 0 Å². The number of nitrogens with zero attached hydrogens (tertiary/aromatic N) is 2. The van der Waals surface area contributed by atoms with Crippen molar-refractivity contribution in [3.63, 3.8) is 0 Å². The van der Waals surface area contributed by atoms with Crippen molar-refractivity contribution in [2.45, 2.75) is 148 Å². The van der Waals surface area contributed by atoms with Gasteiger partial charge in [-0.05, 0) is 142 Å². The van der Waals surface area contributed by atoms with Crippen molar-refractivity contribution < 1.29 is 27.8 Å². The van der Waals surface area contributed by atoms with E-state index in [1.165, 1.54) is 48.6 Å². The number of thiol groups is 1. The summed E-state index contributed by atoms with van der Waals surface area (Å²) in [5.41, 5.74) is 5.34. The van der Waals surface area contributed by atoms with E-state index in [9.17, 15) is 18.0 Å². The van der Waals surface area contributed by atoms with Crippen molar-refractivity contribution in [2.75, 3.05) is 80.8 Å². The summed E-state index contributed by atoms with van der Waals surface area (Å²) in [5, 5.41) is 23.6. The van der Waals surface area contributed by atoms with E-state index in [0.29, 0.717) is 10.5 Å². The number of ketones is 1. The number of alkyl halides is 1. The quantitative estimate of drug-likeness (QED) is 0.0516. The Morgan fingerprint density at radius 1 is 0.947 bits per heavy atom. The summed E-state index contributed by atoms with van der Waals surface area (Å²) in [6.07, 6.45) is 11.7. The molecule has 0 rings (SSSR count). The van der Waals surface area contributed by atoms with E-state index in [1.807, 2.05) is 74.3 Å². The first-order chi connectivity index (χ1) is 25.3. The van der Waals surface area contributed by atoms with E-state index in [1.54, 1.807) is 73.1 Å². The molecule has 0 fully saturated rings. The van der Waals surface area contributed by atoms with Gasteiger partial charge < -0.3 is 31.1 Å². The number of halogens is 1. The highest BCUT2D eigenvalue weighted by Crippen LogP contribution is 2.18. The minimum atomic E-state index is -1.00. The van der Waals surface area contributed by atoms with Crippen LogP contribution in [0.5, 0.6) is 0 Å². The van der Waals surface area contributed by atoms with Crippen LogP contribution in [-0.2, 0) is 24.9 Å². The third-order valence-corrected chi connectivity index (χ3v) is 2.90. The van der Waals surface area contributed by atoms with Gasteiger partial charge in [0.05, 0.1) is 11.7 Å². The Bertz CT molecular complexity index is 756. The molecule has 0 bridgehead atoms. The SMILES string of the molecule is C#CC.CC#N.CC(C)(C)F.CC(C)=N.CC(C)=O.CC(C)=S.CN.CN=C(C)C.CNC.CO.COC(C)(C)C.CS.CS(C)=O.CSC(C)(C)C.C[P+](C)=O. The number of aliphatic hydroxyl groups excluding tert-OH is 1. The second-order valence-electron chi connectivity index (χ2n) is 13.3. The average molecular weight is 922 g/mol. The summed E-state index contributed by atoms with van der Waals surface area (Å²) in [5.74, 6) is 2.42. The molecule has 0 saturated carbocycles. The van der Waals surface area contributed by atoms with Gasteiger partial charge in [0.25, 0.3) is 0 Å². The number of methoxy groups -OCH3 is 1. The van der Waals surface area contributed by atoms with Gasteiger partial charge in [0.15, 0.2) is 0 Å². The largest absolute Gasteiger partial charge is 0.400 e. The van der Waals surface area contributed by atoms with Gasteiger partial charge in [-0.25, -0.2) is 4.39 Å². The van der Waals surface area contributed by atoms with Crippen LogP contribution in [0.4, 0.5) is 4.39 Å². The highest BCUT2D eigenvalue weighted by molar-refractivity contribution is 7.99. The monoisotopic (exact) mass is 921 g/mol. The predicted molar refractivity (Wildman–Crippen MR) is 278 cm³/mol. The molecule has 0 amide bonds. The summed E-state index contributed by atoms with van der Waals surface area (Å²) in [6.45, 7) is 38.0. The molecule has 57 heavy (non-hydrogen) atoms. The van der Waals surface area contributed by atoms with Crippen molar-refractivity contribution >= 4 is 77.3 Å². The molecule has 16 heteroatoms. The lowest BCUT2D eigenvalue weighted by Gasteiger charge is -2.14. The smallest absolute Gasteiger partial charge is 0.332 e. The van der Waals surface area contributed by atoms with Crippen molar-refractivity contribution in [3.8, 4) is 18.4 Å². The highest BCUT2D eigenvalue weighted by Gasteiger charge is 2.04. The van der Waals surface area contributed by atoms with Crippen LogP contribution in [-0.4, -0.2) is 128 Å². The average Bonchev–Trinajstić information content (AvgIpc) is 2.99. The Morgan fingerprint density at radius 2 is 1.00 bits per heavy atom. The van der Waals surface area contributed by atoms with Gasteiger partial charge in [-0.15, -0.1) is 12.3 Å². The van der Waals surface area contributed by atoms with E-state index in [0.717, 1.165) is 17.7 Å². The Labute approximate surface area is 376 Å². The maximum Gasteiger partial charge on any atom is 0.332 e. The zero-order valence-electron chi connectivity index (χ0n) is 43.1. The Morgan fingerprint density at radius 3 is 1.00 bits per heavy atom. The summed E-state index contributed by atoms with van der Waals surface area (Å²) in [4.78, 5) is 14.2. The number of terminal acetylenes is 1. The van der Waals surface area contributed by atoms with Gasteiger partial charge >= 0.3 is 7.80 Å². The zero-order chi connectivity index (χ0) is 51.2. The molecule has 0 aromatic rings. The molecule has 0 radical (unpaired) electrons. The molecule has 0 atom stereocenters. The third kappa shape index (κ3) is 3250. The number of hydrogen-bond acceptors (Lipinski definition) is 13. The van der Waals surface area contributed by atoms with Crippen LogP contribution < -0.4 is 11.1 Å². The van der Waals surface area contributed by atoms with Gasteiger partial charge in [0.1, 0.15) is 24.8 Å². The minimum absolute atomic E-state index is 0.0417. The number of carbonyl (C=O) groups excluding carboxylic acids is 1. The van der Waals surface area contributed by atoms with Crippen molar-refractivity contribution in [3.05, 3.63) is 0 Å². The molecule has 0 unspecified atom stereocenters. The molecular formula is C41H100FN5O5PS4+. The molecule has 0 aromatic heterocycles. The number of Topliss-reactive ketones (excluding diaryl/α,β-unsaturated/α-hetero) is 1. The molecule has 0 aliphatic carbocycles. The number of nitrogens with two attached hydrogens (primary N) is 1. The molecule has 0 heterocycles. The third-order valence-electron chi connectivity index (χ3n) is 1.67. The van der Waals surface area contributed by atoms with Crippen molar-refractivity contribution in [1.29, 1.82) is 10.7 Å². The van der Waals surface area contributed by atoms with Crippen LogP contribution >= 0.6 is 44.4 Å². The second kappa shape index (κ2) is 95.3. The van der Waals surface area contributed by atoms with Crippen LogP contribution in [0, 0.1) is 29.1 Å². The Balaban J connectivity index is -0.0000000258. The van der Waals surface area contributed by atoms with E-state index < -0.39 is 24.3 Å². The standard InChI is InChI=1S/C5H12O.C5H12S.C4H9F.C4H9N.C3H7N.C3H6O.C3H6S.C3H4.C2H7N.C2H3N.C2H6OP.C2H6OS.CH5N.CH4O.CH4S/c2*1-5(2,3)6-4;1-4(2,3)5;1-4(2)5-3;3*1-3(2)4;2*1-3-2;1-2-3;2*1-4(2)3;3*1-2/h2*1-4H3;2*1-3H3;4H,1-2H3;2*1-2H3;1H,2H3;3H,1-2H3;1H3;2*1-2H3;2H2,1H3;2*2H,1H3/q;;;;;;;;;;+1;;;;. The summed E-state index contributed by atoms with van der Waals surface area (Å²) in [7, 11) is 8.26. The first-order valence-electron chi connectivity index (χ1n) is 17.3. The van der Waals surface area contributed by atoms with Crippen LogP contribution in [0.2, 0.25) is 0 Å². The van der Waals surface area contributed by atoms with Crippen molar-refractivity contribution in [1.82, 2.24) is 5.32 Å². The molecule has 0 aliphatic heterocycles. The Kier molecular flexibility index (Phi) is 168. The van der Waals surface area contributed by atoms with E-state index in [4.69, 9.17) is 20.5 Å². The highest BCUT2D eigenvalue weighted by atomic mass is 32.2. The topological polar surface area (TPSA) is 179 Å². The summed E-state index contributed by atoms with van der Waals surface area (Å²) in [6, 6.07) is 1.75. The molecule has 0 aliphatic rings. The van der Waals surface area contributed by atoms with Crippen LogP contribution in [0.15, 0.2) is 4.99 Å². The zero-order valence-corrected chi connectivity index (χ0v) is 47.4. The normalized spacial score (nSPS) is 7.54. The summed E-state index contributed by atoms with van der Waals surface area (Å²) < 4.78 is 36.2. The van der Waals surface area contributed by atoms with E-state index >= 15 is 0 Å². The molecule has 0 aromatic carbocycles. The van der Waals surface area contributed by atoms with Crippen LogP contribution in [0.1, 0.15) is 132 Å². The summed E-state index contributed by atoms with van der Waals surface area (Å²) >= 11 is 9.95.